The second-order valence-corrected chi connectivity index (χ2v) is 10.6. The van der Waals surface area contributed by atoms with Gasteiger partial charge in [-0.3, -0.25) is 19.3 Å². The number of nitrogens with one attached hydrogen (secondary N) is 1. The molecule has 12 nitrogen and oxygen atoms in total. The van der Waals surface area contributed by atoms with Crippen LogP contribution in [0.15, 0.2) is 48.5 Å². The molecule has 12 heteroatoms. The van der Waals surface area contributed by atoms with Gasteiger partial charge in [-0.25, -0.2) is 9.59 Å². The van der Waals surface area contributed by atoms with E-state index in [4.69, 9.17) is 15.2 Å². The Labute approximate surface area is 246 Å². The summed E-state index contributed by atoms with van der Waals surface area (Å²) >= 11 is 0. The highest BCUT2D eigenvalue weighted by Crippen LogP contribution is 2.31. The monoisotopic (exact) mass is 579 g/mol. The van der Waals surface area contributed by atoms with Gasteiger partial charge in [0.1, 0.15) is 6.61 Å². The predicted molar refractivity (Wildman–Crippen MR) is 161 cm³/mol. The minimum atomic E-state index is -0.690. The average Bonchev–Trinajstić information content (AvgIpc) is 3.31. The van der Waals surface area contributed by atoms with Gasteiger partial charge in [0.2, 0.25) is 0 Å². The van der Waals surface area contributed by atoms with Crippen LogP contribution in [0.1, 0.15) is 32.3 Å². The lowest BCUT2D eigenvalue weighted by molar-refractivity contribution is -0.140. The number of ether oxygens (including phenoxy) is 2. The molecule has 226 valence electrons. The lowest BCUT2D eigenvalue weighted by Gasteiger charge is -2.44. The molecule has 42 heavy (non-hydrogen) atoms. The summed E-state index contributed by atoms with van der Waals surface area (Å²) in [6, 6.07) is 15.2. The van der Waals surface area contributed by atoms with E-state index in [0.29, 0.717) is 18.9 Å². The molecule has 0 radical (unpaired) electrons. The molecule has 0 saturated carbocycles. The van der Waals surface area contributed by atoms with Crippen molar-refractivity contribution in [2.75, 3.05) is 50.1 Å². The van der Waals surface area contributed by atoms with E-state index in [1.165, 1.54) is 12.0 Å². The van der Waals surface area contributed by atoms with E-state index in [-0.39, 0.29) is 37.7 Å². The zero-order valence-corrected chi connectivity index (χ0v) is 24.8. The molecule has 1 aliphatic heterocycles. The molecule has 1 aliphatic rings. The fourth-order valence-electron chi connectivity index (χ4n) is 5.53. The van der Waals surface area contributed by atoms with Gasteiger partial charge in [-0.05, 0) is 38.0 Å². The predicted octanol–water partition coefficient (Wildman–Crippen LogP) is 3.55. The first-order valence-electron chi connectivity index (χ1n) is 14.2. The number of hydrogen-bond acceptors (Lipinski definition) is 8. The molecule has 0 aliphatic carbocycles. The normalized spacial score (nSPS) is 17.2. The maximum atomic E-state index is 12.7. The van der Waals surface area contributed by atoms with Crippen molar-refractivity contribution in [3.05, 3.63) is 54.1 Å². The quantitative estimate of drug-likeness (QED) is 0.260. The van der Waals surface area contributed by atoms with E-state index in [1.54, 1.807) is 9.58 Å². The Balaban J connectivity index is 1.32. The van der Waals surface area contributed by atoms with Gasteiger partial charge in [0.25, 0.3) is 0 Å². The Morgan fingerprint density at radius 3 is 2.45 bits per heavy atom. The molecule has 3 N–H and O–H groups in total. The molecule has 1 aromatic heterocycles. The summed E-state index contributed by atoms with van der Waals surface area (Å²) in [7, 11) is 3.11. The first kappa shape index (κ1) is 30.6. The number of piperazine rings is 1. The summed E-state index contributed by atoms with van der Waals surface area (Å²) in [5.41, 5.74) is 8.32. The molecule has 2 aromatic carbocycles. The molecule has 1 saturated heterocycles. The maximum Gasteiger partial charge on any atom is 0.410 e. The summed E-state index contributed by atoms with van der Waals surface area (Å²) in [4.78, 5) is 42.1. The minimum Gasteiger partial charge on any atom is -0.469 e. The van der Waals surface area contributed by atoms with Crippen LogP contribution in [0.4, 0.5) is 21.1 Å². The fraction of sp³-hybridized carbons (Fsp3) is 0.467. The number of anilines is 2. The van der Waals surface area contributed by atoms with Crippen molar-refractivity contribution in [3.8, 4) is 0 Å². The molecular weight excluding hydrogens is 538 g/mol. The summed E-state index contributed by atoms with van der Waals surface area (Å²) in [6.07, 6.45) is 0.624. The Kier molecular flexibility index (Phi) is 10.2. The van der Waals surface area contributed by atoms with Gasteiger partial charge in [0.15, 0.2) is 5.82 Å². The van der Waals surface area contributed by atoms with Gasteiger partial charge < -0.3 is 25.4 Å². The summed E-state index contributed by atoms with van der Waals surface area (Å²) < 4.78 is 12.0. The molecule has 0 bridgehead atoms. The number of para-hydroxylation sites is 1. The second kappa shape index (κ2) is 14.0. The number of nitrogens with zero attached hydrogens (tertiary/aromatic N) is 5. The molecule has 2 atom stereocenters. The van der Waals surface area contributed by atoms with Crippen molar-refractivity contribution in [1.82, 2.24) is 19.6 Å². The van der Waals surface area contributed by atoms with E-state index < -0.39 is 12.0 Å². The standard InChI is InChI=1S/C30H41N7O5/c1-21-18-35(30(40)42-20-23-10-6-5-7-11-23)19-22(2)36(21)16-9-15-32-25-13-8-12-24-27(25)34(3)33-28(24)37(29(31)39)17-14-26(38)41-4/h5-8,10-13,21-22,32H,9,14-20H2,1-4H3,(H2,31,39)/t21-,22+. The number of amides is 3. The van der Waals surface area contributed by atoms with Crippen molar-refractivity contribution in [2.45, 2.75) is 45.4 Å². The number of carbonyl (C=O) groups is 3. The minimum absolute atomic E-state index is 0.00935. The Morgan fingerprint density at radius 1 is 1.07 bits per heavy atom. The maximum absolute atomic E-state index is 12.7. The van der Waals surface area contributed by atoms with E-state index in [9.17, 15) is 14.4 Å². The first-order chi connectivity index (χ1) is 20.2. The van der Waals surface area contributed by atoms with E-state index in [1.807, 2.05) is 55.6 Å². The van der Waals surface area contributed by atoms with Gasteiger partial charge >= 0.3 is 18.1 Å². The molecule has 3 aromatic rings. The van der Waals surface area contributed by atoms with Crippen LogP contribution in [0.5, 0.6) is 0 Å². The summed E-state index contributed by atoms with van der Waals surface area (Å²) in [5, 5.41) is 8.82. The van der Waals surface area contributed by atoms with Crippen molar-refractivity contribution in [2.24, 2.45) is 12.8 Å². The molecule has 0 spiro atoms. The number of nitrogens with two attached hydrogens (primary N) is 1. The molecule has 4 rings (SSSR count). The molecular formula is C30H41N7O5. The van der Waals surface area contributed by atoms with Gasteiger partial charge in [0, 0.05) is 57.2 Å². The van der Waals surface area contributed by atoms with Crippen molar-refractivity contribution in [3.63, 3.8) is 0 Å². The Morgan fingerprint density at radius 2 is 1.79 bits per heavy atom. The average molecular weight is 580 g/mol. The van der Waals surface area contributed by atoms with Gasteiger partial charge in [-0.15, -0.1) is 0 Å². The highest BCUT2D eigenvalue weighted by atomic mass is 16.6. The van der Waals surface area contributed by atoms with Gasteiger partial charge in [0.05, 0.1) is 24.7 Å². The number of esters is 1. The summed E-state index contributed by atoms with van der Waals surface area (Å²) in [5.74, 6) is -0.0350. The third-order valence-electron chi connectivity index (χ3n) is 7.61. The number of rotatable bonds is 11. The van der Waals surface area contributed by atoms with Crippen LogP contribution >= 0.6 is 0 Å². The molecule has 3 amide bonds. The number of benzene rings is 2. The lowest BCUT2D eigenvalue weighted by Crippen LogP contribution is -2.58. The summed E-state index contributed by atoms with van der Waals surface area (Å²) in [6.45, 7) is 7.46. The van der Waals surface area contributed by atoms with Crippen LogP contribution in [-0.4, -0.2) is 89.6 Å². The number of hydrogen-bond donors (Lipinski definition) is 2. The Bertz CT molecular complexity index is 1370. The molecule has 1 fully saturated rings. The third kappa shape index (κ3) is 7.30. The number of aromatic nitrogens is 2. The smallest absolute Gasteiger partial charge is 0.410 e. The van der Waals surface area contributed by atoms with E-state index in [0.717, 1.165) is 41.7 Å². The number of methoxy groups -OCH3 is 1. The van der Waals surface area contributed by atoms with Crippen LogP contribution in [0.2, 0.25) is 0 Å². The number of urea groups is 1. The number of carbonyl (C=O) groups excluding carboxylic acids is 3. The van der Waals surface area contributed by atoms with Crippen molar-refractivity contribution in [1.29, 1.82) is 0 Å². The fourth-order valence-corrected chi connectivity index (χ4v) is 5.53. The SMILES string of the molecule is COC(=O)CCN(C(N)=O)c1nn(C)c2c(NCCCN3[C@H](C)CN(C(=O)OCc4ccccc4)C[C@@H]3C)cccc12. The van der Waals surface area contributed by atoms with Gasteiger partial charge in [-0.2, -0.15) is 5.10 Å². The molecule has 0 unspecified atom stereocenters. The number of aryl methyl sites for hydroxylation is 1. The number of fused-ring (bicyclic) bond motifs is 1. The number of primary amides is 1. The van der Waals surface area contributed by atoms with Crippen LogP contribution < -0.4 is 16.0 Å². The third-order valence-corrected chi connectivity index (χ3v) is 7.61. The highest BCUT2D eigenvalue weighted by molar-refractivity contribution is 6.04. The zero-order chi connectivity index (χ0) is 30.2. The van der Waals surface area contributed by atoms with Crippen LogP contribution in [0, 0.1) is 0 Å². The highest BCUT2D eigenvalue weighted by Gasteiger charge is 2.32. The first-order valence-corrected chi connectivity index (χ1v) is 14.2. The Hall–Kier alpha value is -4.32. The van der Waals surface area contributed by atoms with E-state index >= 15 is 0 Å². The van der Waals surface area contributed by atoms with Crippen molar-refractivity contribution < 1.29 is 23.9 Å². The lowest BCUT2D eigenvalue weighted by atomic mass is 10.1. The van der Waals surface area contributed by atoms with Crippen LogP contribution in [0.25, 0.3) is 10.9 Å². The van der Waals surface area contributed by atoms with Crippen LogP contribution in [0.3, 0.4) is 0 Å². The van der Waals surface area contributed by atoms with Crippen LogP contribution in [-0.2, 0) is 27.9 Å². The van der Waals surface area contributed by atoms with E-state index in [2.05, 4.69) is 29.2 Å². The van der Waals surface area contributed by atoms with Crippen molar-refractivity contribution >= 4 is 40.5 Å². The topological polar surface area (TPSA) is 135 Å². The largest absolute Gasteiger partial charge is 0.469 e. The molecule has 2 heterocycles. The zero-order valence-electron chi connectivity index (χ0n) is 24.8. The van der Waals surface area contributed by atoms with Gasteiger partial charge in [-0.1, -0.05) is 36.4 Å². The second-order valence-electron chi connectivity index (χ2n) is 10.6.